The SMILES string of the molecule is CS(=O)(=O)NCCN(Cc1csc(C2CC2)n1)C1CC1. The van der Waals surface area contributed by atoms with Gasteiger partial charge in [0.2, 0.25) is 10.0 Å². The lowest BCUT2D eigenvalue weighted by Crippen LogP contribution is -2.35. The maximum atomic E-state index is 11.1. The summed E-state index contributed by atoms with van der Waals surface area (Å²) < 4.78 is 24.8. The van der Waals surface area contributed by atoms with Crippen LogP contribution in [0.2, 0.25) is 0 Å². The third-order valence-electron chi connectivity index (χ3n) is 3.69. The molecule has 1 heterocycles. The van der Waals surface area contributed by atoms with Crippen LogP contribution in [0.15, 0.2) is 5.38 Å². The van der Waals surface area contributed by atoms with Crippen molar-refractivity contribution >= 4 is 21.4 Å². The Hall–Kier alpha value is -0.500. The van der Waals surface area contributed by atoms with Crippen molar-refractivity contribution in [1.29, 1.82) is 0 Å². The first-order chi connectivity index (χ1) is 9.51. The van der Waals surface area contributed by atoms with Crippen LogP contribution in [-0.4, -0.2) is 43.7 Å². The fourth-order valence-electron chi connectivity index (χ4n) is 2.33. The van der Waals surface area contributed by atoms with Gasteiger partial charge in [0.15, 0.2) is 0 Å². The standard InChI is InChI=1S/C13H21N3O2S2/c1-20(17,18)14-6-7-16(12-4-5-12)8-11-9-19-13(15-11)10-2-3-10/h9-10,12,14H,2-8H2,1H3. The zero-order valence-corrected chi connectivity index (χ0v) is 13.3. The fraction of sp³-hybridized carbons (Fsp3) is 0.769. The summed E-state index contributed by atoms with van der Waals surface area (Å²) in [5, 5.41) is 3.44. The molecule has 0 radical (unpaired) electrons. The highest BCUT2D eigenvalue weighted by Gasteiger charge is 2.30. The molecule has 112 valence electrons. The molecule has 2 aliphatic carbocycles. The molecular formula is C13H21N3O2S2. The Labute approximate surface area is 124 Å². The number of thiazole rings is 1. The molecule has 0 bridgehead atoms. The van der Waals surface area contributed by atoms with Crippen LogP contribution in [0.3, 0.4) is 0 Å². The van der Waals surface area contributed by atoms with E-state index in [1.54, 1.807) is 11.3 Å². The highest BCUT2D eigenvalue weighted by Crippen LogP contribution is 2.41. The van der Waals surface area contributed by atoms with Gasteiger partial charge in [-0.1, -0.05) is 0 Å². The molecule has 1 aromatic rings. The molecule has 0 aliphatic heterocycles. The van der Waals surface area contributed by atoms with E-state index in [1.807, 2.05) is 0 Å². The maximum Gasteiger partial charge on any atom is 0.208 e. The molecule has 2 saturated carbocycles. The average molecular weight is 315 g/mol. The van der Waals surface area contributed by atoms with Gasteiger partial charge >= 0.3 is 0 Å². The van der Waals surface area contributed by atoms with Crippen molar-refractivity contribution < 1.29 is 8.42 Å². The summed E-state index contributed by atoms with van der Waals surface area (Å²) in [5.74, 6) is 0.718. The highest BCUT2D eigenvalue weighted by molar-refractivity contribution is 7.88. The number of aromatic nitrogens is 1. The van der Waals surface area contributed by atoms with Gasteiger partial charge in [-0.2, -0.15) is 0 Å². The molecule has 1 N–H and O–H groups in total. The summed E-state index contributed by atoms with van der Waals surface area (Å²) >= 11 is 1.77. The molecule has 0 unspecified atom stereocenters. The molecule has 20 heavy (non-hydrogen) atoms. The van der Waals surface area contributed by atoms with E-state index in [4.69, 9.17) is 4.98 Å². The number of sulfonamides is 1. The second-order valence-electron chi connectivity index (χ2n) is 5.82. The van der Waals surface area contributed by atoms with E-state index in [2.05, 4.69) is 15.0 Å². The van der Waals surface area contributed by atoms with Crippen molar-refractivity contribution in [2.24, 2.45) is 0 Å². The Morgan fingerprint density at radius 1 is 1.40 bits per heavy atom. The van der Waals surface area contributed by atoms with Crippen molar-refractivity contribution in [3.63, 3.8) is 0 Å². The largest absolute Gasteiger partial charge is 0.293 e. The Morgan fingerprint density at radius 3 is 2.75 bits per heavy atom. The predicted octanol–water partition coefficient (Wildman–Crippen LogP) is 1.53. The molecule has 5 nitrogen and oxygen atoms in total. The van der Waals surface area contributed by atoms with Crippen LogP contribution in [0.25, 0.3) is 0 Å². The summed E-state index contributed by atoms with van der Waals surface area (Å²) in [6, 6.07) is 0.613. The number of nitrogens with one attached hydrogen (secondary N) is 1. The molecule has 2 aliphatic rings. The van der Waals surface area contributed by atoms with Gasteiger partial charge in [0.05, 0.1) is 17.0 Å². The minimum Gasteiger partial charge on any atom is -0.293 e. The zero-order chi connectivity index (χ0) is 14.2. The van der Waals surface area contributed by atoms with Gasteiger partial charge in [-0.3, -0.25) is 4.90 Å². The molecule has 3 rings (SSSR count). The maximum absolute atomic E-state index is 11.1. The smallest absolute Gasteiger partial charge is 0.208 e. The van der Waals surface area contributed by atoms with E-state index >= 15 is 0 Å². The second-order valence-corrected chi connectivity index (χ2v) is 8.54. The topological polar surface area (TPSA) is 62.3 Å². The molecule has 0 spiro atoms. The molecule has 0 atom stereocenters. The monoisotopic (exact) mass is 315 g/mol. The van der Waals surface area contributed by atoms with Crippen molar-refractivity contribution in [2.45, 2.75) is 44.2 Å². The predicted molar refractivity (Wildman–Crippen MR) is 80.4 cm³/mol. The van der Waals surface area contributed by atoms with Crippen LogP contribution in [0, 0.1) is 0 Å². The van der Waals surface area contributed by atoms with E-state index < -0.39 is 10.0 Å². The molecular weight excluding hydrogens is 294 g/mol. The summed E-state index contributed by atoms with van der Waals surface area (Å²) in [4.78, 5) is 7.07. The van der Waals surface area contributed by atoms with Crippen LogP contribution < -0.4 is 4.72 Å². The van der Waals surface area contributed by atoms with Gasteiger partial charge in [-0.15, -0.1) is 11.3 Å². The molecule has 1 aromatic heterocycles. The molecule has 0 amide bonds. The molecule has 0 aromatic carbocycles. The lowest BCUT2D eigenvalue weighted by Gasteiger charge is -2.20. The number of rotatable bonds is 8. The third-order valence-corrected chi connectivity index (χ3v) is 5.47. The first-order valence-corrected chi connectivity index (χ1v) is 9.91. The van der Waals surface area contributed by atoms with Gasteiger partial charge < -0.3 is 0 Å². The summed E-state index contributed by atoms with van der Waals surface area (Å²) in [6.45, 7) is 2.09. The van der Waals surface area contributed by atoms with Crippen LogP contribution in [0.4, 0.5) is 0 Å². The molecule has 7 heteroatoms. The normalized spacial score (nSPS) is 19.7. The lowest BCUT2D eigenvalue weighted by molar-refractivity contribution is 0.257. The van der Waals surface area contributed by atoms with Gasteiger partial charge in [0.25, 0.3) is 0 Å². The summed E-state index contributed by atoms with van der Waals surface area (Å²) in [5.41, 5.74) is 1.14. The van der Waals surface area contributed by atoms with Crippen LogP contribution in [-0.2, 0) is 16.6 Å². The number of nitrogens with zero attached hydrogens (tertiary/aromatic N) is 2. The Kier molecular flexibility index (Phi) is 4.12. The van der Waals surface area contributed by atoms with Crippen molar-refractivity contribution in [1.82, 2.24) is 14.6 Å². The van der Waals surface area contributed by atoms with Crippen LogP contribution in [0.5, 0.6) is 0 Å². The van der Waals surface area contributed by atoms with E-state index in [0.717, 1.165) is 24.7 Å². The van der Waals surface area contributed by atoms with Crippen LogP contribution in [0.1, 0.15) is 42.3 Å². The van der Waals surface area contributed by atoms with Crippen molar-refractivity contribution in [3.8, 4) is 0 Å². The molecule has 0 saturated heterocycles. The Balaban J connectivity index is 1.53. The van der Waals surface area contributed by atoms with Gasteiger partial charge in [0.1, 0.15) is 0 Å². The minimum atomic E-state index is -3.09. The van der Waals surface area contributed by atoms with E-state index in [1.165, 1.54) is 36.9 Å². The number of hydrogen-bond acceptors (Lipinski definition) is 5. The van der Waals surface area contributed by atoms with Crippen LogP contribution >= 0.6 is 11.3 Å². The zero-order valence-electron chi connectivity index (χ0n) is 11.7. The average Bonchev–Trinajstić information content (AvgIpc) is 3.26. The van der Waals surface area contributed by atoms with E-state index in [9.17, 15) is 8.42 Å². The Morgan fingerprint density at radius 2 is 2.15 bits per heavy atom. The second kappa shape index (κ2) is 5.71. The third kappa shape index (κ3) is 4.25. The molecule has 2 fully saturated rings. The van der Waals surface area contributed by atoms with E-state index in [-0.39, 0.29) is 0 Å². The van der Waals surface area contributed by atoms with Gasteiger partial charge in [-0.05, 0) is 25.7 Å². The quantitative estimate of drug-likeness (QED) is 0.790. The van der Waals surface area contributed by atoms with E-state index in [0.29, 0.717) is 12.6 Å². The van der Waals surface area contributed by atoms with Gasteiger partial charge in [0, 0.05) is 37.0 Å². The minimum absolute atomic E-state index is 0.481. The fourth-order valence-corrected chi connectivity index (χ4v) is 3.77. The lowest BCUT2D eigenvalue weighted by atomic mass is 10.3. The highest BCUT2D eigenvalue weighted by atomic mass is 32.2. The summed E-state index contributed by atoms with van der Waals surface area (Å²) in [7, 11) is -3.09. The number of hydrogen-bond donors (Lipinski definition) is 1. The van der Waals surface area contributed by atoms with Crippen molar-refractivity contribution in [2.75, 3.05) is 19.3 Å². The Bertz CT molecular complexity index is 562. The summed E-state index contributed by atoms with van der Waals surface area (Å²) in [6.07, 6.45) is 6.23. The first kappa shape index (κ1) is 14.4. The van der Waals surface area contributed by atoms with Gasteiger partial charge in [-0.25, -0.2) is 18.1 Å². The van der Waals surface area contributed by atoms with Crippen molar-refractivity contribution in [3.05, 3.63) is 16.1 Å². The first-order valence-electron chi connectivity index (χ1n) is 7.14.